The second-order valence-corrected chi connectivity index (χ2v) is 5.71. The van der Waals surface area contributed by atoms with Crippen molar-refractivity contribution in [3.05, 3.63) is 18.0 Å². The van der Waals surface area contributed by atoms with Crippen LogP contribution in [0, 0.1) is 11.8 Å². The number of aromatic nitrogens is 2. The smallest absolute Gasteiger partial charge is 0.222 e. The van der Waals surface area contributed by atoms with Crippen molar-refractivity contribution in [3.8, 4) is 0 Å². The number of hydrogen-bond donors (Lipinski definition) is 1. The zero-order valence-corrected chi connectivity index (χ0v) is 12.5. The Morgan fingerprint density at radius 3 is 2.68 bits per heavy atom. The standard InChI is InChI=1S/C14H26N4O/c1-11(2)5-12(7-15)6-14(19)17(3)9-13-8-16-18(4)10-13/h8,10-12H,5-7,9,15H2,1-4H3. The first-order valence-electron chi connectivity index (χ1n) is 6.84. The molecular formula is C14H26N4O. The lowest BCUT2D eigenvalue weighted by Crippen LogP contribution is -2.30. The number of carbonyl (C=O) groups excluding carboxylic acids is 1. The number of hydrogen-bond acceptors (Lipinski definition) is 3. The van der Waals surface area contributed by atoms with Crippen LogP contribution in [0.2, 0.25) is 0 Å². The lowest BCUT2D eigenvalue weighted by atomic mass is 9.94. The van der Waals surface area contributed by atoms with Crippen molar-refractivity contribution in [1.82, 2.24) is 14.7 Å². The highest BCUT2D eigenvalue weighted by molar-refractivity contribution is 5.76. The second-order valence-electron chi connectivity index (χ2n) is 5.71. The Morgan fingerprint density at radius 1 is 1.53 bits per heavy atom. The summed E-state index contributed by atoms with van der Waals surface area (Å²) in [7, 11) is 3.71. The summed E-state index contributed by atoms with van der Waals surface area (Å²) in [5, 5.41) is 4.10. The maximum atomic E-state index is 12.1. The number of nitrogens with zero attached hydrogens (tertiary/aromatic N) is 3. The molecule has 1 aromatic rings. The minimum atomic E-state index is 0.153. The summed E-state index contributed by atoms with van der Waals surface area (Å²) < 4.78 is 1.75. The highest BCUT2D eigenvalue weighted by atomic mass is 16.2. The highest BCUT2D eigenvalue weighted by Gasteiger charge is 2.17. The molecule has 0 aliphatic heterocycles. The third-order valence-electron chi connectivity index (χ3n) is 3.21. The van der Waals surface area contributed by atoms with Crippen molar-refractivity contribution >= 4 is 5.91 Å². The van der Waals surface area contributed by atoms with E-state index in [1.807, 2.05) is 20.3 Å². The molecule has 1 atom stereocenters. The Kier molecular flexibility index (Phi) is 6.02. The molecule has 1 unspecified atom stereocenters. The Balaban J connectivity index is 2.47. The van der Waals surface area contributed by atoms with Crippen LogP contribution in [0.4, 0.5) is 0 Å². The molecule has 0 bridgehead atoms. The first-order valence-corrected chi connectivity index (χ1v) is 6.84. The van der Waals surface area contributed by atoms with E-state index in [9.17, 15) is 4.79 Å². The molecule has 0 saturated carbocycles. The lowest BCUT2D eigenvalue weighted by Gasteiger charge is -2.21. The lowest BCUT2D eigenvalue weighted by molar-refractivity contribution is -0.131. The van der Waals surface area contributed by atoms with Crippen molar-refractivity contribution < 1.29 is 4.79 Å². The number of amides is 1. The molecule has 1 rings (SSSR count). The molecule has 0 aliphatic carbocycles. The Labute approximate surface area is 115 Å². The van der Waals surface area contributed by atoms with Crippen LogP contribution >= 0.6 is 0 Å². The van der Waals surface area contributed by atoms with Gasteiger partial charge in [0.05, 0.1) is 6.20 Å². The number of nitrogens with two attached hydrogens (primary N) is 1. The molecule has 0 radical (unpaired) electrons. The SMILES string of the molecule is CC(C)CC(CN)CC(=O)N(C)Cc1cnn(C)c1. The summed E-state index contributed by atoms with van der Waals surface area (Å²) in [5.41, 5.74) is 6.79. The van der Waals surface area contributed by atoms with Gasteiger partial charge in [-0.15, -0.1) is 0 Å². The number of carbonyl (C=O) groups is 1. The summed E-state index contributed by atoms with van der Waals surface area (Å²) in [6, 6.07) is 0. The van der Waals surface area contributed by atoms with Crippen LogP contribution in [0.15, 0.2) is 12.4 Å². The Hall–Kier alpha value is -1.36. The van der Waals surface area contributed by atoms with E-state index in [2.05, 4.69) is 18.9 Å². The fourth-order valence-corrected chi connectivity index (χ4v) is 2.25. The van der Waals surface area contributed by atoms with Crippen molar-refractivity contribution in [1.29, 1.82) is 0 Å². The van der Waals surface area contributed by atoms with Crippen LogP contribution in [0.3, 0.4) is 0 Å². The van der Waals surface area contributed by atoms with Crippen LogP contribution in [-0.4, -0.2) is 34.2 Å². The minimum absolute atomic E-state index is 0.153. The van der Waals surface area contributed by atoms with E-state index in [0.29, 0.717) is 25.4 Å². The van der Waals surface area contributed by atoms with Gasteiger partial charge in [0, 0.05) is 38.8 Å². The van der Waals surface area contributed by atoms with Crippen LogP contribution in [-0.2, 0) is 18.4 Å². The van der Waals surface area contributed by atoms with Gasteiger partial charge in [-0.2, -0.15) is 5.10 Å². The van der Waals surface area contributed by atoms with Gasteiger partial charge in [0.25, 0.3) is 0 Å². The van der Waals surface area contributed by atoms with E-state index in [4.69, 9.17) is 5.73 Å². The van der Waals surface area contributed by atoms with Gasteiger partial charge < -0.3 is 10.6 Å². The molecule has 0 fully saturated rings. The van der Waals surface area contributed by atoms with Crippen LogP contribution in [0.25, 0.3) is 0 Å². The first-order chi connectivity index (χ1) is 8.92. The average Bonchev–Trinajstić information content (AvgIpc) is 2.73. The molecule has 1 heterocycles. The van der Waals surface area contributed by atoms with Crippen LogP contribution in [0.1, 0.15) is 32.3 Å². The first kappa shape index (κ1) is 15.7. The molecule has 5 heteroatoms. The maximum Gasteiger partial charge on any atom is 0.222 e. The Bertz CT molecular complexity index is 400. The van der Waals surface area contributed by atoms with Gasteiger partial charge in [0.1, 0.15) is 0 Å². The van der Waals surface area contributed by atoms with Gasteiger partial charge in [0.2, 0.25) is 5.91 Å². The summed E-state index contributed by atoms with van der Waals surface area (Å²) in [6.45, 7) is 5.50. The zero-order chi connectivity index (χ0) is 14.4. The molecule has 1 amide bonds. The predicted molar refractivity (Wildman–Crippen MR) is 76.3 cm³/mol. The molecule has 19 heavy (non-hydrogen) atoms. The second kappa shape index (κ2) is 7.28. The summed E-state index contributed by atoms with van der Waals surface area (Å²) in [6.07, 6.45) is 5.25. The van der Waals surface area contributed by atoms with E-state index in [0.717, 1.165) is 12.0 Å². The average molecular weight is 266 g/mol. The monoisotopic (exact) mass is 266 g/mol. The minimum Gasteiger partial charge on any atom is -0.341 e. The van der Waals surface area contributed by atoms with E-state index >= 15 is 0 Å². The molecule has 5 nitrogen and oxygen atoms in total. The van der Waals surface area contributed by atoms with E-state index in [-0.39, 0.29) is 11.8 Å². The quantitative estimate of drug-likeness (QED) is 0.811. The van der Waals surface area contributed by atoms with Gasteiger partial charge >= 0.3 is 0 Å². The Morgan fingerprint density at radius 2 is 2.21 bits per heavy atom. The van der Waals surface area contributed by atoms with Crippen LogP contribution in [0.5, 0.6) is 0 Å². The topological polar surface area (TPSA) is 64.2 Å². The van der Waals surface area contributed by atoms with Crippen molar-refractivity contribution in [2.75, 3.05) is 13.6 Å². The molecule has 2 N–H and O–H groups in total. The summed E-state index contributed by atoms with van der Waals surface area (Å²) >= 11 is 0. The van der Waals surface area contributed by atoms with Gasteiger partial charge in [-0.25, -0.2) is 0 Å². The van der Waals surface area contributed by atoms with Gasteiger partial charge in [-0.05, 0) is 24.8 Å². The zero-order valence-electron chi connectivity index (χ0n) is 12.5. The maximum absolute atomic E-state index is 12.1. The fraction of sp³-hybridized carbons (Fsp3) is 0.714. The van der Waals surface area contributed by atoms with E-state index < -0.39 is 0 Å². The largest absolute Gasteiger partial charge is 0.341 e. The van der Waals surface area contributed by atoms with Gasteiger partial charge in [-0.1, -0.05) is 13.8 Å². The van der Waals surface area contributed by atoms with Gasteiger partial charge in [0.15, 0.2) is 0 Å². The number of rotatable bonds is 7. The normalized spacial score (nSPS) is 12.7. The molecule has 108 valence electrons. The number of aryl methyl sites for hydroxylation is 1. The fourth-order valence-electron chi connectivity index (χ4n) is 2.25. The third kappa shape index (κ3) is 5.42. The molecule has 1 aromatic heterocycles. The third-order valence-corrected chi connectivity index (χ3v) is 3.21. The molecular weight excluding hydrogens is 240 g/mol. The van der Waals surface area contributed by atoms with Crippen molar-refractivity contribution in [2.24, 2.45) is 24.6 Å². The molecule has 0 saturated heterocycles. The van der Waals surface area contributed by atoms with Crippen LogP contribution < -0.4 is 5.73 Å². The summed E-state index contributed by atoms with van der Waals surface area (Å²) in [5.74, 6) is 1.01. The molecule has 0 aromatic carbocycles. The van der Waals surface area contributed by atoms with Crippen molar-refractivity contribution in [2.45, 2.75) is 33.2 Å². The van der Waals surface area contributed by atoms with Crippen molar-refractivity contribution in [3.63, 3.8) is 0 Å². The predicted octanol–water partition coefficient (Wildman–Crippen LogP) is 1.39. The summed E-state index contributed by atoms with van der Waals surface area (Å²) in [4.78, 5) is 13.9. The molecule has 0 aliphatic rings. The van der Waals surface area contributed by atoms with Gasteiger partial charge in [-0.3, -0.25) is 9.48 Å². The molecule has 0 spiro atoms. The van der Waals surface area contributed by atoms with E-state index in [1.54, 1.807) is 15.8 Å². The highest BCUT2D eigenvalue weighted by Crippen LogP contribution is 2.16. The van der Waals surface area contributed by atoms with E-state index in [1.165, 1.54) is 0 Å².